The topological polar surface area (TPSA) is 52.3 Å². The van der Waals surface area contributed by atoms with Gasteiger partial charge < -0.3 is 10.5 Å². The molecule has 0 bridgehead atoms. The van der Waals surface area contributed by atoms with Gasteiger partial charge in [-0.3, -0.25) is 0 Å². The van der Waals surface area contributed by atoms with Crippen LogP contribution in [0.15, 0.2) is 36.4 Å². The van der Waals surface area contributed by atoms with Crippen molar-refractivity contribution in [2.75, 3.05) is 0 Å². The van der Waals surface area contributed by atoms with Crippen molar-refractivity contribution in [3.05, 3.63) is 52.3 Å². The molecule has 1 amide bonds. The van der Waals surface area contributed by atoms with Crippen LogP contribution in [-0.2, 0) is 0 Å². The van der Waals surface area contributed by atoms with Crippen LogP contribution in [0.2, 0.25) is 10.0 Å². The lowest BCUT2D eigenvalue weighted by atomic mass is 10.0. The van der Waals surface area contributed by atoms with Gasteiger partial charge in [0.1, 0.15) is 11.6 Å². The Morgan fingerprint density at radius 2 is 1.74 bits per heavy atom. The molecule has 2 N–H and O–H groups in total. The Kier molecular flexibility index (Phi) is 3.93. The van der Waals surface area contributed by atoms with E-state index in [0.717, 1.165) is 6.07 Å². The maximum Gasteiger partial charge on any atom is 0.409 e. The maximum atomic E-state index is 13.3. The summed E-state index contributed by atoms with van der Waals surface area (Å²) in [5, 5.41) is 0.772. The molecule has 0 aromatic heterocycles. The van der Waals surface area contributed by atoms with E-state index in [1.54, 1.807) is 18.2 Å². The van der Waals surface area contributed by atoms with Gasteiger partial charge in [-0.1, -0.05) is 23.2 Å². The molecule has 0 aliphatic carbocycles. The molecule has 0 aliphatic rings. The minimum atomic E-state index is -0.985. The molecule has 0 aliphatic heterocycles. The first-order chi connectivity index (χ1) is 8.95. The number of benzene rings is 2. The van der Waals surface area contributed by atoms with Crippen LogP contribution in [0.25, 0.3) is 11.1 Å². The minimum absolute atomic E-state index is 0.132. The monoisotopic (exact) mass is 299 g/mol. The Bertz CT molecular complexity index is 626. The van der Waals surface area contributed by atoms with E-state index in [2.05, 4.69) is 0 Å². The van der Waals surface area contributed by atoms with E-state index in [9.17, 15) is 9.18 Å². The van der Waals surface area contributed by atoms with E-state index < -0.39 is 11.9 Å². The van der Waals surface area contributed by atoms with Gasteiger partial charge in [-0.05, 0) is 42.0 Å². The lowest BCUT2D eigenvalue weighted by Gasteiger charge is -2.10. The van der Waals surface area contributed by atoms with Crippen LogP contribution in [0.5, 0.6) is 5.75 Å². The van der Waals surface area contributed by atoms with E-state index in [1.165, 1.54) is 12.1 Å². The quantitative estimate of drug-likeness (QED) is 0.901. The van der Waals surface area contributed by atoms with Crippen LogP contribution in [-0.4, -0.2) is 6.09 Å². The minimum Gasteiger partial charge on any atom is -0.410 e. The van der Waals surface area contributed by atoms with E-state index in [4.69, 9.17) is 33.7 Å². The molecule has 2 aromatic rings. The van der Waals surface area contributed by atoms with Crippen molar-refractivity contribution < 1.29 is 13.9 Å². The smallest absolute Gasteiger partial charge is 0.409 e. The number of nitrogens with two attached hydrogens (primary N) is 1. The van der Waals surface area contributed by atoms with Crippen molar-refractivity contribution in [1.29, 1.82) is 0 Å². The van der Waals surface area contributed by atoms with Crippen LogP contribution in [0.1, 0.15) is 0 Å². The molecule has 0 spiro atoms. The summed E-state index contributed by atoms with van der Waals surface area (Å²) in [7, 11) is 0. The van der Waals surface area contributed by atoms with Gasteiger partial charge in [0, 0.05) is 15.6 Å². The second-order valence-electron chi connectivity index (χ2n) is 3.72. The molecule has 6 heteroatoms. The Balaban J connectivity index is 2.58. The largest absolute Gasteiger partial charge is 0.410 e. The molecular weight excluding hydrogens is 292 g/mol. The van der Waals surface area contributed by atoms with Crippen molar-refractivity contribution >= 4 is 29.3 Å². The first-order valence-corrected chi connectivity index (χ1v) is 5.94. The first-order valence-electron chi connectivity index (χ1n) is 5.19. The van der Waals surface area contributed by atoms with Gasteiger partial charge in [-0.2, -0.15) is 0 Å². The zero-order valence-corrected chi connectivity index (χ0v) is 11.0. The van der Waals surface area contributed by atoms with Gasteiger partial charge in [0.15, 0.2) is 0 Å². The van der Waals surface area contributed by atoms with Crippen molar-refractivity contribution in [3.63, 3.8) is 0 Å². The summed E-state index contributed by atoms with van der Waals surface area (Å²) in [5.74, 6) is -0.352. The molecule has 0 fully saturated rings. The van der Waals surface area contributed by atoms with E-state index in [-0.39, 0.29) is 5.75 Å². The Hall–Kier alpha value is -1.78. The Labute approximate surface area is 118 Å². The third-order valence-electron chi connectivity index (χ3n) is 2.33. The van der Waals surface area contributed by atoms with Crippen molar-refractivity contribution in [2.45, 2.75) is 0 Å². The highest BCUT2D eigenvalue weighted by Crippen LogP contribution is 2.34. The average Bonchev–Trinajstić information content (AvgIpc) is 2.29. The SMILES string of the molecule is NC(=O)Oc1ccc(F)cc1-c1cc(Cl)cc(Cl)c1. The van der Waals surface area contributed by atoms with Gasteiger partial charge >= 0.3 is 6.09 Å². The molecule has 0 radical (unpaired) electrons. The fourth-order valence-electron chi connectivity index (χ4n) is 1.63. The van der Waals surface area contributed by atoms with Gasteiger partial charge in [-0.15, -0.1) is 0 Å². The van der Waals surface area contributed by atoms with Gasteiger partial charge in [-0.25, -0.2) is 9.18 Å². The number of amides is 1. The van der Waals surface area contributed by atoms with Gasteiger partial charge in [0.2, 0.25) is 0 Å². The lowest BCUT2D eigenvalue weighted by Crippen LogP contribution is -2.16. The van der Waals surface area contributed by atoms with E-state index >= 15 is 0 Å². The molecule has 0 heterocycles. The highest BCUT2D eigenvalue weighted by atomic mass is 35.5. The summed E-state index contributed by atoms with van der Waals surface area (Å²) in [6, 6.07) is 8.38. The number of rotatable bonds is 2. The number of hydrogen-bond donors (Lipinski definition) is 1. The zero-order valence-electron chi connectivity index (χ0n) is 9.49. The number of primary amides is 1. The van der Waals surface area contributed by atoms with Gasteiger partial charge in [0.05, 0.1) is 0 Å². The third kappa shape index (κ3) is 3.36. The second kappa shape index (κ2) is 5.47. The predicted octanol–water partition coefficient (Wildman–Crippen LogP) is 4.26. The fourth-order valence-corrected chi connectivity index (χ4v) is 2.16. The molecular formula is C13H8Cl2FNO2. The van der Waals surface area contributed by atoms with Crippen LogP contribution < -0.4 is 10.5 Å². The Morgan fingerprint density at radius 1 is 1.11 bits per heavy atom. The summed E-state index contributed by atoms with van der Waals surface area (Å²) >= 11 is 11.8. The first kappa shape index (κ1) is 13.6. The number of carbonyl (C=O) groups is 1. The van der Waals surface area contributed by atoms with E-state index in [1.807, 2.05) is 0 Å². The predicted molar refractivity (Wildman–Crippen MR) is 72.1 cm³/mol. The molecule has 2 aromatic carbocycles. The number of ether oxygens (including phenoxy) is 1. The average molecular weight is 300 g/mol. The molecule has 0 atom stereocenters. The molecule has 2 rings (SSSR count). The van der Waals surface area contributed by atoms with Gasteiger partial charge in [0.25, 0.3) is 0 Å². The zero-order chi connectivity index (χ0) is 14.0. The fraction of sp³-hybridized carbons (Fsp3) is 0. The Morgan fingerprint density at radius 3 is 2.32 bits per heavy atom. The molecule has 19 heavy (non-hydrogen) atoms. The standard InChI is InChI=1S/C13H8Cl2FNO2/c14-8-3-7(4-9(15)5-8)11-6-10(16)1-2-12(11)19-13(17)18/h1-6H,(H2,17,18). The molecule has 0 unspecified atom stereocenters. The molecule has 3 nitrogen and oxygen atoms in total. The molecule has 98 valence electrons. The van der Waals surface area contributed by atoms with Crippen LogP contribution in [0.4, 0.5) is 9.18 Å². The van der Waals surface area contributed by atoms with Crippen molar-refractivity contribution in [2.24, 2.45) is 5.73 Å². The maximum absolute atomic E-state index is 13.3. The number of hydrogen-bond acceptors (Lipinski definition) is 2. The summed E-state index contributed by atoms with van der Waals surface area (Å²) < 4.78 is 18.2. The highest BCUT2D eigenvalue weighted by molar-refractivity contribution is 6.35. The second-order valence-corrected chi connectivity index (χ2v) is 4.59. The molecule has 0 saturated carbocycles. The number of halogens is 3. The summed E-state index contributed by atoms with van der Waals surface area (Å²) in [5.41, 5.74) is 5.82. The summed E-state index contributed by atoms with van der Waals surface area (Å²) in [6.07, 6.45) is -0.985. The number of carbonyl (C=O) groups excluding carboxylic acids is 1. The summed E-state index contributed by atoms with van der Waals surface area (Å²) in [4.78, 5) is 10.8. The normalized spacial score (nSPS) is 10.3. The van der Waals surface area contributed by atoms with Crippen LogP contribution in [0, 0.1) is 5.82 Å². The highest BCUT2D eigenvalue weighted by Gasteiger charge is 2.11. The van der Waals surface area contributed by atoms with Crippen molar-refractivity contribution in [3.8, 4) is 16.9 Å². The van der Waals surface area contributed by atoms with E-state index in [0.29, 0.717) is 21.2 Å². The molecule has 0 saturated heterocycles. The lowest BCUT2D eigenvalue weighted by molar-refractivity contribution is 0.211. The third-order valence-corrected chi connectivity index (χ3v) is 2.76. The van der Waals surface area contributed by atoms with Crippen LogP contribution in [0.3, 0.4) is 0 Å². The van der Waals surface area contributed by atoms with Crippen LogP contribution >= 0.6 is 23.2 Å². The van der Waals surface area contributed by atoms with Crippen molar-refractivity contribution in [1.82, 2.24) is 0 Å². The summed E-state index contributed by atoms with van der Waals surface area (Å²) in [6.45, 7) is 0.